The molecular formula is C29H28N4O5S. The minimum Gasteiger partial charge on any atom is -0.464 e. The molecule has 0 bridgehead atoms. The Hall–Kier alpha value is -4.05. The third kappa shape index (κ3) is 4.92. The van der Waals surface area contributed by atoms with Crippen LogP contribution in [0.3, 0.4) is 0 Å². The summed E-state index contributed by atoms with van der Waals surface area (Å²) in [6.45, 7) is 1.89. The average molecular weight is 545 g/mol. The van der Waals surface area contributed by atoms with Crippen LogP contribution in [0, 0.1) is 12.8 Å². The summed E-state index contributed by atoms with van der Waals surface area (Å²) in [7, 11) is -2.67. The molecule has 0 radical (unpaired) electrons. The Morgan fingerprint density at radius 2 is 1.77 bits per heavy atom. The summed E-state index contributed by atoms with van der Waals surface area (Å²) >= 11 is 0. The number of ether oxygens (including phenoxy) is 1. The molecule has 39 heavy (non-hydrogen) atoms. The van der Waals surface area contributed by atoms with Gasteiger partial charge in [-0.2, -0.15) is 5.10 Å². The maximum atomic E-state index is 13.0. The van der Waals surface area contributed by atoms with Gasteiger partial charge in [0.25, 0.3) is 10.0 Å². The maximum Gasteiger partial charge on any atom is 0.356 e. The van der Waals surface area contributed by atoms with Gasteiger partial charge in [-0.25, -0.2) is 27.4 Å². The van der Waals surface area contributed by atoms with E-state index in [-0.39, 0.29) is 16.5 Å². The zero-order chi connectivity index (χ0) is 27.3. The predicted molar refractivity (Wildman–Crippen MR) is 144 cm³/mol. The molecule has 2 aromatic heterocycles. The van der Waals surface area contributed by atoms with Crippen LogP contribution in [-0.4, -0.2) is 42.0 Å². The molecule has 9 nitrogen and oxygen atoms in total. The summed E-state index contributed by atoms with van der Waals surface area (Å²) < 4.78 is 35.0. The number of carbonyl (C=O) groups is 2. The molecule has 1 amide bonds. The van der Waals surface area contributed by atoms with Gasteiger partial charge >= 0.3 is 5.97 Å². The van der Waals surface area contributed by atoms with Crippen molar-refractivity contribution in [1.29, 1.82) is 0 Å². The van der Waals surface area contributed by atoms with E-state index in [1.807, 2.05) is 31.2 Å². The Morgan fingerprint density at radius 3 is 2.44 bits per heavy atom. The van der Waals surface area contributed by atoms with Crippen molar-refractivity contribution in [3.63, 3.8) is 0 Å². The van der Waals surface area contributed by atoms with Crippen LogP contribution in [0.1, 0.15) is 64.6 Å². The van der Waals surface area contributed by atoms with Crippen molar-refractivity contribution in [2.45, 2.75) is 49.8 Å². The standard InChI is InChI=1S/C29H28N4O5S/c1-17-15-24(29(35)38-2)30-27-23(26(20-11-12-20)31-33(17)27)16-18-7-9-19(10-8-18)22-5-3-4-6-25(22)39(36,37)32-28(34)21-13-14-21/h3-10,15,20-21H,11-14,16H2,1-2H3,(H,32,34). The summed E-state index contributed by atoms with van der Waals surface area (Å²) in [5.41, 5.74) is 5.91. The number of methoxy groups -OCH3 is 1. The van der Waals surface area contributed by atoms with Crippen molar-refractivity contribution >= 4 is 27.5 Å². The highest BCUT2D eigenvalue weighted by Crippen LogP contribution is 2.42. The van der Waals surface area contributed by atoms with Gasteiger partial charge in [0, 0.05) is 35.1 Å². The molecule has 2 aliphatic rings. The number of fused-ring (bicyclic) bond motifs is 1. The molecule has 2 fully saturated rings. The number of nitrogens with zero attached hydrogens (tertiary/aromatic N) is 3. The second kappa shape index (κ2) is 9.60. The number of amides is 1. The molecule has 0 saturated heterocycles. The second-order valence-corrected chi connectivity index (χ2v) is 11.9. The molecule has 0 spiro atoms. The van der Waals surface area contributed by atoms with Crippen LogP contribution < -0.4 is 4.72 Å². The molecule has 0 unspecified atom stereocenters. The lowest BCUT2D eigenvalue weighted by Gasteiger charge is -2.12. The molecule has 1 N–H and O–H groups in total. The SMILES string of the molecule is COC(=O)c1cc(C)n2nc(C3CC3)c(Cc3ccc(-c4ccccc4S(=O)(=O)NC(=O)C4CC4)cc3)c2n1. The van der Waals surface area contributed by atoms with E-state index in [1.165, 1.54) is 13.2 Å². The molecule has 4 aromatic rings. The van der Waals surface area contributed by atoms with Gasteiger partial charge in [0.15, 0.2) is 11.3 Å². The lowest BCUT2D eigenvalue weighted by atomic mass is 9.99. The molecule has 200 valence electrons. The van der Waals surface area contributed by atoms with E-state index >= 15 is 0 Å². The fourth-order valence-corrected chi connectivity index (χ4v) is 6.12. The Morgan fingerprint density at radius 1 is 1.05 bits per heavy atom. The summed E-state index contributed by atoms with van der Waals surface area (Å²) in [5, 5.41) is 4.84. The normalized spacial score (nSPS) is 15.3. The van der Waals surface area contributed by atoms with Crippen LogP contribution in [0.2, 0.25) is 0 Å². The smallest absolute Gasteiger partial charge is 0.356 e. The van der Waals surface area contributed by atoms with Gasteiger partial charge in [-0.15, -0.1) is 0 Å². The van der Waals surface area contributed by atoms with Crippen molar-refractivity contribution in [1.82, 2.24) is 19.3 Å². The lowest BCUT2D eigenvalue weighted by molar-refractivity contribution is -0.120. The van der Waals surface area contributed by atoms with Crippen LogP contribution in [0.4, 0.5) is 0 Å². The topological polar surface area (TPSA) is 120 Å². The van der Waals surface area contributed by atoms with E-state index in [4.69, 9.17) is 9.84 Å². The highest BCUT2D eigenvalue weighted by Gasteiger charge is 2.34. The second-order valence-electron chi connectivity index (χ2n) is 10.3. The van der Waals surface area contributed by atoms with E-state index in [1.54, 1.807) is 28.8 Å². The number of hydrogen-bond donors (Lipinski definition) is 1. The number of benzene rings is 2. The van der Waals surface area contributed by atoms with Crippen molar-refractivity contribution in [2.24, 2.45) is 5.92 Å². The Bertz CT molecular complexity index is 1720. The predicted octanol–water partition coefficient (Wildman–Crippen LogP) is 4.17. The van der Waals surface area contributed by atoms with Crippen LogP contribution in [0.15, 0.2) is 59.5 Å². The van der Waals surface area contributed by atoms with Crippen LogP contribution in [-0.2, 0) is 26.0 Å². The van der Waals surface area contributed by atoms with Gasteiger partial charge in [-0.05, 0) is 55.9 Å². The van der Waals surface area contributed by atoms with Crippen LogP contribution in [0.5, 0.6) is 0 Å². The fourth-order valence-electron chi connectivity index (χ4n) is 4.85. The summed E-state index contributed by atoms with van der Waals surface area (Å²) in [6, 6.07) is 16.0. The van der Waals surface area contributed by atoms with Gasteiger partial charge < -0.3 is 4.74 Å². The van der Waals surface area contributed by atoms with Gasteiger partial charge in [-0.1, -0.05) is 42.5 Å². The fraction of sp³-hybridized carbons (Fsp3) is 0.310. The molecule has 2 aromatic carbocycles. The van der Waals surface area contributed by atoms with Crippen molar-refractivity contribution < 1.29 is 22.7 Å². The molecule has 6 rings (SSSR count). The molecule has 2 saturated carbocycles. The van der Waals surface area contributed by atoms with Gasteiger partial charge in [0.1, 0.15) is 0 Å². The van der Waals surface area contributed by atoms with Crippen molar-refractivity contribution in [2.75, 3.05) is 7.11 Å². The number of esters is 1. The van der Waals surface area contributed by atoms with Gasteiger partial charge in [-0.3, -0.25) is 4.79 Å². The molecular weight excluding hydrogens is 516 g/mol. The molecule has 0 aliphatic heterocycles. The zero-order valence-electron chi connectivity index (χ0n) is 21.7. The maximum absolute atomic E-state index is 13.0. The van der Waals surface area contributed by atoms with E-state index in [2.05, 4.69) is 9.71 Å². The number of rotatable bonds is 8. The first kappa shape index (κ1) is 25.2. The number of aryl methyl sites for hydroxylation is 1. The molecule has 2 heterocycles. The number of aromatic nitrogens is 3. The van der Waals surface area contributed by atoms with Crippen molar-refractivity contribution in [3.05, 3.63) is 82.8 Å². The average Bonchev–Trinajstić information content (AvgIpc) is 3.86. The molecule has 2 aliphatic carbocycles. The van der Waals surface area contributed by atoms with Crippen LogP contribution in [0.25, 0.3) is 16.8 Å². The molecule has 10 heteroatoms. The summed E-state index contributed by atoms with van der Waals surface area (Å²) in [5.74, 6) is -0.773. The largest absolute Gasteiger partial charge is 0.464 e. The van der Waals surface area contributed by atoms with Gasteiger partial charge in [0.05, 0.1) is 17.7 Å². The number of carbonyl (C=O) groups excluding carboxylic acids is 2. The van der Waals surface area contributed by atoms with E-state index < -0.39 is 21.9 Å². The number of nitrogens with one attached hydrogen (secondary N) is 1. The molecule has 0 atom stereocenters. The lowest BCUT2D eigenvalue weighted by Crippen LogP contribution is -2.32. The minimum atomic E-state index is -4.00. The zero-order valence-corrected chi connectivity index (χ0v) is 22.5. The first-order valence-electron chi connectivity index (χ1n) is 13.0. The van der Waals surface area contributed by atoms with Crippen LogP contribution >= 0.6 is 0 Å². The van der Waals surface area contributed by atoms with E-state index in [9.17, 15) is 18.0 Å². The Balaban J connectivity index is 1.33. The van der Waals surface area contributed by atoms with E-state index in [0.29, 0.717) is 23.5 Å². The Kier molecular flexibility index (Phi) is 6.22. The third-order valence-corrected chi connectivity index (χ3v) is 8.66. The minimum absolute atomic E-state index is 0.0698. The van der Waals surface area contributed by atoms with Gasteiger partial charge in [0.2, 0.25) is 5.91 Å². The highest BCUT2D eigenvalue weighted by atomic mass is 32.2. The van der Waals surface area contributed by atoms with Crippen molar-refractivity contribution in [3.8, 4) is 11.1 Å². The number of sulfonamides is 1. The van der Waals surface area contributed by atoms with E-state index in [0.717, 1.165) is 53.8 Å². The number of hydrogen-bond acceptors (Lipinski definition) is 7. The summed E-state index contributed by atoms with van der Waals surface area (Å²) in [4.78, 5) is 29.1. The highest BCUT2D eigenvalue weighted by molar-refractivity contribution is 7.90. The first-order chi connectivity index (χ1) is 18.7. The summed E-state index contributed by atoms with van der Waals surface area (Å²) in [6.07, 6.45) is 4.14. The Labute approximate surface area is 226 Å². The third-order valence-electron chi connectivity index (χ3n) is 7.26. The quantitative estimate of drug-likeness (QED) is 0.331. The first-order valence-corrected chi connectivity index (χ1v) is 14.5. The monoisotopic (exact) mass is 544 g/mol.